The molecule has 4 rings (SSSR count). The number of halogens is 1. The molecule has 2 aromatic rings. The quantitative estimate of drug-likeness (QED) is 0.230. The van der Waals surface area contributed by atoms with Crippen LogP contribution < -0.4 is 21.3 Å². The second kappa shape index (κ2) is 12.7. The molecule has 0 bridgehead atoms. The number of nitrogens with zero attached hydrogens (tertiary/aromatic N) is 1. The van der Waals surface area contributed by atoms with Crippen molar-refractivity contribution in [2.24, 2.45) is 10.9 Å². The van der Waals surface area contributed by atoms with E-state index in [0.717, 1.165) is 48.2 Å². The van der Waals surface area contributed by atoms with Gasteiger partial charge in [0.25, 0.3) is 0 Å². The third-order valence-corrected chi connectivity index (χ3v) is 6.48. The smallest absolute Gasteiger partial charge is 0.227 e. The molecule has 2 aliphatic rings. The number of rotatable bonds is 6. The first-order valence-electron chi connectivity index (χ1n) is 11.9. The molecule has 7 nitrogen and oxygen atoms in total. The topological polar surface area (TPSA) is 94.6 Å². The number of guanidine groups is 1. The van der Waals surface area contributed by atoms with Crippen LogP contribution in [-0.4, -0.2) is 31.4 Å². The lowest BCUT2D eigenvalue weighted by atomic mass is 9.88. The van der Waals surface area contributed by atoms with Crippen LogP contribution in [0.25, 0.3) is 0 Å². The van der Waals surface area contributed by atoms with Crippen LogP contribution in [-0.2, 0) is 16.1 Å². The third-order valence-electron chi connectivity index (χ3n) is 6.48. The maximum Gasteiger partial charge on any atom is 0.227 e. The van der Waals surface area contributed by atoms with Gasteiger partial charge in [-0.1, -0.05) is 49.6 Å². The number of benzene rings is 2. The minimum Gasteiger partial charge on any atom is -0.356 e. The normalized spacial score (nSPS) is 18.2. The lowest BCUT2D eigenvalue weighted by Gasteiger charge is -2.26. The van der Waals surface area contributed by atoms with Gasteiger partial charge in [-0.15, -0.1) is 24.0 Å². The van der Waals surface area contributed by atoms with E-state index < -0.39 is 0 Å². The summed E-state index contributed by atoms with van der Waals surface area (Å²) in [4.78, 5) is 28.9. The van der Waals surface area contributed by atoms with E-state index in [-0.39, 0.29) is 47.6 Å². The summed E-state index contributed by atoms with van der Waals surface area (Å²) >= 11 is 0. The van der Waals surface area contributed by atoms with Crippen LogP contribution in [0.3, 0.4) is 0 Å². The molecule has 1 unspecified atom stereocenters. The van der Waals surface area contributed by atoms with Gasteiger partial charge in [-0.3, -0.25) is 14.6 Å². The van der Waals surface area contributed by atoms with Crippen molar-refractivity contribution in [3.05, 3.63) is 59.7 Å². The molecule has 2 amide bonds. The summed E-state index contributed by atoms with van der Waals surface area (Å²) in [5.74, 6) is 1.07. The number of aliphatic imine (C=N–C) groups is 1. The van der Waals surface area contributed by atoms with Gasteiger partial charge in [0.1, 0.15) is 0 Å². The van der Waals surface area contributed by atoms with Crippen LogP contribution >= 0.6 is 24.0 Å². The van der Waals surface area contributed by atoms with Crippen molar-refractivity contribution < 1.29 is 9.59 Å². The Labute approximate surface area is 218 Å². The molecule has 0 saturated heterocycles. The van der Waals surface area contributed by atoms with Crippen molar-refractivity contribution in [1.29, 1.82) is 0 Å². The van der Waals surface area contributed by atoms with Gasteiger partial charge in [-0.25, -0.2) is 0 Å². The van der Waals surface area contributed by atoms with Gasteiger partial charge in [0, 0.05) is 49.8 Å². The molecule has 0 spiro atoms. The van der Waals surface area contributed by atoms with Crippen molar-refractivity contribution in [2.75, 3.05) is 24.2 Å². The minimum atomic E-state index is 0. The highest BCUT2D eigenvalue weighted by Crippen LogP contribution is 2.31. The van der Waals surface area contributed by atoms with E-state index >= 15 is 0 Å². The Morgan fingerprint density at radius 3 is 2.65 bits per heavy atom. The molecule has 8 heteroatoms. The van der Waals surface area contributed by atoms with E-state index in [2.05, 4.69) is 32.3 Å². The van der Waals surface area contributed by atoms with Gasteiger partial charge in [-0.2, -0.15) is 0 Å². The van der Waals surface area contributed by atoms with E-state index in [1.54, 1.807) is 7.05 Å². The van der Waals surface area contributed by atoms with Crippen molar-refractivity contribution in [3.63, 3.8) is 0 Å². The first-order chi connectivity index (χ1) is 16.1. The van der Waals surface area contributed by atoms with Crippen molar-refractivity contribution in [1.82, 2.24) is 10.6 Å². The maximum atomic E-state index is 12.6. The first-order valence-corrected chi connectivity index (χ1v) is 11.9. The number of fused-ring (bicyclic) bond motifs is 1. The lowest BCUT2D eigenvalue weighted by Crippen LogP contribution is -2.40. The molecule has 1 atom stereocenters. The second-order valence-corrected chi connectivity index (χ2v) is 8.87. The Balaban J connectivity index is 0.00000324. The number of nitrogens with one attached hydrogen (secondary N) is 4. The molecular weight excluding hydrogens is 541 g/mol. The van der Waals surface area contributed by atoms with E-state index in [1.807, 2.05) is 42.5 Å². The van der Waals surface area contributed by atoms with Gasteiger partial charge in [0.2, 0.25) is 11.8 Å². The van der Waals surface area contributed by atoms with E-state index in [1.165, 1.54) is 6.42 Å². The average molecular weight is 575 g/mol. The number of anilines is 2. The van der Waals surface area contributed by atoms with E-state index in [0.29, 0.717) is 25.5 Å². The summed E-state index contributed by atoms with van der Waals surface area (Å²) in [5, 5.41) is 12.7. The highest BCUT2D eigenvalue weighted by atomic mass is 127. The molecule has 182 valence electrons. The lowest BCUT2D eigenvalue weighted by molar-refractivity contribution is -0.120. The third kappa shape index (κ3) is 6.94. The summed E-state index contributed by atoms with van der Waals surface area (Å²) in [7, 11) is 1.73. The fourth-order valence-corrected chi connectivity index (χ4v) is 4.68. The SMILES string of the molecule is CN=C(NCc1cccc(NC(=O)C2CCCCC2)c1)NCC1CC(=O)Nc2ccccc21.I. The average Bonchev–Trinajstić information content (AvgIpc) is 2.84. The summed E-state index contributed by atoms with van der Waals surface area (Å²) in [6, 6.07) is 15.8. The van der Waals surface area contributed by atoms with E-state index in [9.17, 15) is 9.59 Å². The van der Waals surface area contributed by atoms with Crippen LogP contribution in [0.15, 0.2) is 53.5 Å². The van der Waals surface area contributed by atoms with Crippen LogP contribution in [0.2, 0.25) is 0 Å². The van der Waals surface area contributed by atoms with Crippen molar-refractivity contribution in [3.8, 4) is 0 Å². The number of amides is 2. The molecule has 4 N–H and O–H groups in total. The number of carbonyl (C=O) groups excluding carboxylic acids is 2. The minimum absolute atomic E-state index is 0. The number of para-hydroxylation sites is 1. The Hall–Kier alpha value is -2.62. The molecule has 2 aromatic carbocycles. The largest absolute Gasteiger partial charge is 0.356 e. The number of hydrogen-bond acceptors (Lipinski definition) is 3. The standard InChI is InChI=1S/C26H33N5O2.HI/c1-27-26(29-17-20-15-24(32)31-23-13-6-5-12-22(20)23)28-16-18-8-7-11-21(14-18)30-25(33)19-9-3-2-4-10-19;/h5-8,11-14,19-20H,2-4,9-10,15-17H2,1H3,(H,30,33)(H,31,32)(H2,27,28,29);1H. The zero-order valence-electron chi connectivity index (χ0n) is 19.6. The van der Waals surface area contributed by atoms with Gasteiger partial charge in [0.05, 0.1) is 0 Å². The van der Waals surface area contributed by atoms with Crippen LogP contribution in [0.4, 0.5) is 11.4 Å². The second-order valence-electron chi connectivity index (χ2n) is 8.87. The fraction of sp³-hybridized carbons (Fsp3) is 0.423. The van der Waals surface area contributed by atoms with E-state index in [4.69, 9.17) is 0 Å². The summed E-state index contributed by atoms with van der Waals surface area (Å²) < 4.78 is 0. The van der Waals surface area contributed by atoms with Gasteiger partial charge >= 0.3 is 0 Å². The van der Waals surface area contributed by atoms with Crippen molar-refractivity contribution in [2.45, 2.75) is 51.0 Å². The first kappa shape index (κ1) is 26.0. The van der Waals surface area contributed by atoms with Crippen molar-refractivity contribution >= 4 is 53.1 Å². The summed E-state index contributed by atoms with van der Waals surface area (Å²) in [6.07, 6.45) is 5.95. The molecule has 1 heterocycles. The highest BCUT2D eigenvalue weighted by molar-refractivity contribution is 14.0. The summed E-state index contributed by atoms with van der Waals surface area (Å²) in [6.45, 7) is 1.19. The number of hydrogen-bond donors (Lipinski definition) is 4. The predicted octanol–water partition coefficient (Wildman–Crippen LogP) is 4.61. The van der Waals surface area contributed by atoms with Gasteiger partial charge < -0.3 is 21.3 Å². The van der Waals surface area contributed by atoms with Gasteiger partial charge in [-0.05, 0) is 42.2 Å². The highest BCUT2D eigenvalue weighted by Gasteiger charge is 2.25. The van der Waals surface area contributed by atoms with Crippen LogP contribution in [0.1, 0.15) is 55.6 Å². The number of carbonyl (C=O) groups is 2. The molecule has 1 aliphatic heterocycles. The van der Waals surface area contributed by atoms with Crippen LogP contribution in [0.5, 0.6) is 0 Å². The predicted molar refractivity (Wildman–Crippen MR) is 148 cm³/mol. The zero-order chi connectivity index (χ0) is 23.0. The molecule has 1 saturated carbocycles. The summed E-state index contributed by atoms with van der Waals surface area (Å²) in [5.41, 5.74) is 3.91. The Kier molecular flexibility index (Phi) is 9.74. The molecule has 0 aromatic heterocycles. The molecule has 1 aliphatic carbocycles. The monoisotopic (exact) mass is 575 g/mol. The Morgan fingerprint density at radius 1 is 1.06 bits per heavy atom. The maximum absolute atomic E-state index is 12.6. The Morgan fingerprint density at radius 2 is 1.85 bits per heavy atom. The molecule has 1 fully saturated rings. The Bertz CT molecular complexity index is 1020. The zero-order valence-corrected chi connectivity index (χ0v) is 21.9. The van der Waals surface area contributed by atoms with Gasteiger partial charge in [0.15, 0.2) is 5.96 Å². The molecular formula is C26H34IN5O2. The fourth-order valence-electron chi connectivity index (χ4n) is 4.68. The van der Waals surface area contributed by atoms with Crippen LogP contribution in [0, 0.1) is 5.92 Å². The molecule has 34 heavy (non-hydrogen) atoms. The molecule has 0 radical (unpaired) electrons.